The van der Waals surface area contributed by atoms with Crippen molar-refractivity contribution in [3.63, 3.8) is 0 Å². The van der Waals surface area contributed by atoms with E-state index in [1.165, 1.54) is 24.5 Å². The fourth-order valence-electron chi connectivity index (χ4n) is 14.9. The molecule has 3 aliphatic heterocycles. The van der Waals surface area contributed by atoms with E-state index in [9.17, 15) is 0 Å². The van der Waals surface area contributed by atoms with E-state index in [2.05, 4.69) is 108 Å². The van der Waals surface area contributed by atoms with Gasteiger partial charge >= 0.3 is 0 Å². The molecule has 2 unspecified atom stereocenters. The van der Waals surface area contributed by atoms with Crippen molar-refractivity contribution in [2.45, 2.75) is 92.3 Å². The zero-order valence-corrected chi connectivity index (χ0v) is 69.6. The van der Waals surface area contributed by atoms with Crippen LogP contribution in [0.25, 0.3) is 100 Å². The molecule has 3 saturated heterocycles. The lowest BCUT2D eigenvalue weighted by Gasteiger charge is -2.15. The fraction of sp³-hybridized carbons (Fsp3) is 0.337. The number of aliphatic carboxylic acids is 3. The summed E-state index contributed by atoms with van der Waals surface area (Å²) in [6, 6.07) is 42.1. The summed E-state index contributed by atoms with van der Waals surface area (Å²) in [6.45, 7) is 22.1. The summed E-state index contributed by atoms with van der Waals surface area (Å²) in [4.78, 5) is 74.3. The lowest BCUT2D eigenvalue weighted by atomic mass is 10.1. The highest BCUT2D eigenvalue weighted by Crippen LogP contribution is 2.40. The number of fused-ring (bicyclic) bond motifs is 6. The zero-order valence-electron chi connectivity index (χ0n) is 69.6. The highest BCUT2D eigenvalue weighted by atomic mass is 16.5. The predicted molar refractivity (Wildman–Crippen MR) is 467 cm³/mol. The Morgan fingerprint density at radius 2 is 0.779 bits per heavy atom. The average Bonchev–Trinajstić information content (AvgIpc) is 1.62. The van der Waals surface area contributed by atoms with Gasteiger partial charge < -0.3 is 75.9 Å². The van der Waals surface area contributed by atoms with E-state index in [1.54, 1.807) is 21.3 Å². The number of hydrogen-bond acceptors (Lipinski definition) is 30. The van der Waals surface area contributed by atoms with Crippen LogP contribution in [0.2, 0.25) is 0 Å². The number of likely N-dealkylation sites (tertiary alicyclic amines) is 3. The van der Waals surface area contributed by atoms with Crippen molar-refractivity contribution in [1.82, 2.24) is 88.9 Å². The average molecular weight is 1660 g/mol. The molecule has 9 aromatic heterocycles. The van der Waals surface area contributed by atoms with Gasteiger partial charge in [0.05, 0.1) is 54.1 Å². The Balaban J connectivity index is 0.000000148. The second kappa shape index (κ2) is 39.5. The molecule has 636 valence electrons. The summed E-state index contributed by atoms with van der Waals surface area (Å²) in [5.41, 5.74) is 38.4. The number of carboxylic acids is 3. The monoisotopic (exact) mass is 1660 g/mol. The number of nitrogens with zero attached hydrogens (tertiary/aromatic N) is 18. The lowest BCUT2D eigenvalue weighted by Crippen LogP contribution is -2.25. The van der Waals surface area contributed by atoms with Crippen molar-refractivity contribution in [3.05, 3.63) is 163 Å². The van der Waals surface area contributed by atoms with Crippen molar-refractivity contribution in [3.8, 4) is 33.8 Å². The highest BCUT2D eigenvalue weighted by Gasteiger charge is 2.32. The van der Waals surface area contributed by atoms with E-state index >= 15 is 0 Å². The second-order valence-corrected chi connectivity index (χ2v) is 29.7. The summed E-state index contributed by atoms with van der Waals surface area (Å²) in [6.07, 6.45) is 8.47. The summed E-state index contributed by atoms with van der Waals surface area (Å²) >= 11 is 0. The maximum Gasteiger partial charge on any atom is 0.300 e. The van der Waals surface area contributed by atoms with E-state index in [0.717, 1.165) is 259 Å². The van der Waals surface area contributed by atoms with Crippen molar-refractivity contribution in [1.29, 1.82) is 0 Å². The Morgan fingerprint density at radius 1 is 0.443 bits per heavy atom. The van der Waals surface area contributed by atoms with Gasteiger partial charge in [-0.2, -0.15) is 30.2 Å². The van der Waals surface area contributed by atoms with Gasteiger partial charge in [-0.15, -0.1) is 0 Å². The molecule has 0 radical (unpaired) electrons. The molecule has 0 saturated carbocycles. The van der Waals surface area contributed by atoms with Crippen LogP contribution >= 0.6 is 0 Å². The summed E-state index contributed by atoms with van der Waals surface area (Å²) in [7, 11) is 5.20. The number of aromatic nitrogens is 15. The van der Waals surface area contributed by atoms with Crippen LogP contribution in [0.15, 0.2) is 154 Å². The molecule has 12 N–H and O–H groups in total. The molecular formula is C86H100N24O12. The number of anilines is 9. The predicted octanol–water partition coefficient (Wildman–Crippen LogP) is 13.3. The first-order chi connectivity index (χ1) is 58.9. The quantitative estimate of drug-likeness (QED) is 0.0304. The second-order valence-electron chi connectivity index (χ2n) is 29.7. The standard InChI is InChI=1S/2C27H30N8O2.C26H28N8O2.3C2H4O2/c1-16-12-17(2)24-21(13-16)32-27(37-24)31-19-6-4-18(5-7-19)23-22-25(28)29-15-30-26(22)35(33-23)20-8-9-34(14-20)10-11-36-3;1-3-17-4-9-22-21(14-17)32-27(37-22)31-19-7-5-18(6-8-19)24-23-25(28)29-16-30-26(23)35(33-24)20-10-11-34(15-20)12-13-36-2;1-16-3-8-21-20(13-16)31-26(36-21)30-18-6-4-17(5-7-18)23-22-24(27)28-15-29-25(22)34(32-23)19-9-10-33(14-19)11-12-35-2;3*1-2(3)4/h4-7,12-13,15,20H,8-11,14H2,1-3H3,(H,31,32)(H2,28,29,30);4-9,14,16,20H,3,10-13,15H2,1-2H3,(H,31,32)(H2,28,29,30);3-8,13,15,19H,9-12,14H2,1-2H3,(H,30,31)(H2,27,28,29);3*1H3,(H,3,4)/t20-;;;;;/m0...../s1. The lowest BCUT2D eigenvalue weighted by molar-refractivity contribution is -0.135. The first kappa shape index (κ1) is 86.2. The maximum absolute atomic E-state index is 9.00. The Labute approximate surface area is 701 Å². The number of methoxy groups -OCH3 is 3. The molecule has 3 atom stereocenters. The minimum Gasteiger partial charge on any atom is -0.481 e. The smallest absolute Gasteiger partial charge is 0.300 e. The molecule has 0 bridgehead atoms. The number of benzene rings is 6. The van der Waals surface area contributed by atoms with Gasteiger partial charge in [-0.05, 0) is 135 Å². The number of ether oxygens (including phenoxy) is 3. The van der Waals surface area contributed by atoms with Crippen molar-refractivity contribution < 1.29 is 57.2 Å². The van der Waals surface area contributed by atoms with Crippen LogP contribution in [0.5, 0.6) is 0 Å². The largest absolute Gasteiger partial charge is 0.481 e. The number of rotatable bonds is 22. The van der Waals surface area contributed by atoms with Crippen LogP contribution < -0.4 is 33.2 Å². The number of hydrogen-bond donors (Lipinski definition) is 9. The molecule has 18 rings (SSSR count). The van der Waals surface area contributed by atoms with Gasteiger partial charge in [0, 0.05) is 135 Å². The number of nitrogens with one attached hydrogen (secondary N) is 3. The summed E-state index contributed by atoms with van der Waals surface area (Å²) in [5, 5.41) is 49.4. The third kappa shape index (κ3) is 21.0. The van der Waals surface area contributed by atoms with Crippen molar-refractivity contribution in [2.75, 3.05) is 133 Å². The van der Waals surface area contributed by atoms with Crippen molar-refractivity contribution in [2.24, 2.45) is 0 Å². The number of oxazole rings is 3. The number of carbonyl (C=O) groups is 3. The van der Waals surface area contributed by atoms with E-state index in [1.807, 2.05) is 131 Å². The van der Waals surface area contributed by atoms with Gasteiger partial charge in [-0.25, -0.2) is 43.9 Å². The molecule has 0 aliphatic carbocycles. The van der Waals surface area contributed by atoms with E-state index in [-0.39, 0.29) is 18.1 Å². The van der Waals surface area contributed by atoms with Gasteiger partial charge in [0.1, 0.15) is 70.1 Å². The Bertz CT molecular complexity index is 6080. The SMILES string of the molecule is CC(=O)O.CC(=O)O.CC(=O)O.CCc1ccc2oc(Nc3ccc(-c4nn(C5CCN(CCOC)C5)c5ncnc(N)c45)cc3)nc2c1.COCCN1CCC(n2nc(-c3ccc(Nc4nc5cc(C)ccc5o4)cc3)c3c(N)ncnc32)C1.COCCN1CC[C@H](n2nc(-c3ccc(Nc4nc5cc(C)cc(C)c5o4)cc3)c3c(N)ncnc32)C1. The van der Waals surface area contributed by atoms with E-state index in [4.69, 9.17) is 89.7 Å². The number of aryl methyl sites for hydroxylation is 4. The molecule has 36 nitrogen and oxygen atoms in total. The van der Waals surface area contributed by atoms with Crippen LogP contribution in [0, 0.1) is 20.8 Å². The third-order valence-electron chi connectivity index (χ3n) is 20.6. The number of carboxylic acid groups (broad SMARTS) is 3. The molecule has 6 aromatic carbocycles. The van der Waals surface area contributed by atoms with Gasteiger partial charge in [0.15, 0.2) is 33.7 Å². The van der Waals surface area contributed by atoms with E-state index < -0.39 is 17.9 Å². The van der Waals surface area contributed by atoms with Gasteiger partial charge in [0.2, 0.25) is 0 Å². The Hall–Kier alpha value is -13.7. The minimum absolute atomic E-state index is 0.217. The van der Waals surface area contributed by atoms with Crippen LogP contribution in [0.1, 0.15) is 87.3 Å². The Morgan fingerprint density at radius 3 is 1.14 bits per heavy atom. The molecule has 122 heavy (non-hydrogen) atoms. The molecule has 3 fully saturated rings. The molecule has 0 spiro atoms. The van der Waals surface area contributed by atoms with E-state index in [0.29, 0.717) is 35.5 Å². The molecule has 15 aromatic rings. The van der Waals surface area contributed by atoms with Crippen LogP contribution in [0.4, 0.5) is 52.6 Å². The zero-order chi connectivity index (χ0) is 86.3. The van der Waals surface area contributed by atoms with Crippen molar-refractivity contribution >= 4 is 137 Å². The molecule has 12 heterocycles. The molecular weight excluding hydrogens is 1560 g/mol. The summed E-state index contributed by atoms with van der Waals surface area (Å²) < 4.78 is 39.4. The molecule has 0 amide bonds. The van der Waals surface area contributed by atoms with Crippen LogP contribution in [-0.4, -0.2) is 222 Å². The third-order valence-corrected chi connectivity index (χ3v) is 20.6. The number of nitrogen functional groups attached to an aromatic ring is 3. The van der Waals surface area contributed by atoms with Crippen LogP contribution in [-0.2, 0) is 35.0 Å². The normalized spacial score (nSPS) is 15.3. The number of nitrogens with two attached hydrogens (primary N) is 3. The highest BCUT2D eigenvalue weighted by molar-refractivity contribution is 6.01. The topological polar surface area (TPSA) is 472 Å². The first-order valence-corrected chi connectivity index (χ1v) is 39.9. The molecule has 36 heteroatoms. The van der Waals surface area contributed by atoms with Gasteiger partial charge in [0.25, 0.3) is 36.0 Å². The van der Waals surface area contributed by atoms with Crippen LogP contribution in [0.3, 0.4) is 0 Å². The maximum atomic E-state index is 9.00. The Kier molecular flexibility index (Phi) is 27.9. The van der Waals surface area contributed by atoms with Gasteiger partial charge in [-0.1, -0.05) is 61.5 Å². The minimum atomic E-state index is -0.833. The fourth-order valence-corrected chi connectivity index (χ4v) is 14.9. The van der Waals surface area contributed by atoms with Gasteiger partial charge in [-0.3, -0.25) is 29.1 Å². The first-order valence-electron chi connectivity index (χ1n) is 39.9. The summed E-state index contributed by atoms with van der Waals surface area (Å²) in [5.74, 6) is -1.21. The molecule has 3 aliphatic rings.